The quantitative estimate of drug-likeness (QED) is 0.127. The van der Waals surface area contributed by atoms with Crippen molar-refractivity contribution >= 4 is 29.5 Å². The predicted octanol–water partition coefficient (Wildman–Crippen LogP) is 2.49. The number of rotatable bonds is 15. The van der Waals surface area contributed by atoms with Gasteiger partial charge in [0.25, 0.3) is 12.4 Å². The van der Waals surface area contributed by atoms with Gasteiger partial charge in [0, 0.05) is 62.4 Å². The van der Waals surface area contributed by atoms with Crippen LogP contribution in [0.25, 0.3) is 16.9 Å². The second-order valence-corrected chi connectivity index (χ2v) is 10.5. The van der Waals surface area contributed by atoms with Crippen molar-refractivity contribution in [2.24, 2.45) is 5.73 Å². The first kappa shape index (κ1) is 33.8. The van der Waals surface area contributed by atoms with Crippen LogP contribution in [0.5, 0.6) is 5.75 Å². The van der Waals surface area contributed by atoms with Gasteiger partial charge in [-0.15, -0.1) is 0 Å². The summed E-state index contributed by atoms with van der Waals surface area (Å²) in [6, 6.07) is 3.13. The zero-order chi connectivity index (χ0) is 33.4. The maximum atomic E-state index is 14.2. The topological polar surface area (TPSA) is 163 Å². The molecule has 1 aliphatic rings. The summed E-state index contributed by atoms with van der Waals surface area (Å²) in [6.07, 6.45) is 1.24. The van der Waals surface area contributed by atoms with Crippen LogP contribution in [0.3, 0.4) is 0 Å². The van der Waals surface area contributed by atoms with Crippen LogP contribution in [-0.4, -0.2) is 101 Å². The number of morpholine rings is 1. The number of halogens is 3. The van der Waals surface area contributed by atoms with Gasteiger partial charge < -0.3 is 30.6 Å². The molecule has 4 heterocycles. The number of nitrogens with one attached hydrogen (secondary N) is 2. The molecule has 0 radical (unpaired) electrons. The molecular weight excluding hydrogens is 623 g/mol. The number of fused-ring (bicyclic) bond motifs is 1. The lowest BCUT2D eigenvalue weighted by atomic mass is 10.0. The lowest BCUT2D eigenvalue weighted by molar-refractivity contribution is -0.141. The van der Waals surface area contributed by atoms with Crippen LogP contribution in [0.1, 0.15) is 28.5 Å². The highest BCUT2D eigenvalue weighted by Gasteiger charge is 2.38. The number of carbonyl (C=O) groups is 2. The van der Waals surface area contributed by atoms with Crippen molar-refractivity contribution in [2.75, 3.05) is 64.5 Å². The Kier molecular flexibility index (Phi) is 11.0. The van der Waals surface area contributed by atoms with E-state index in [2.05, 4.69) is 30.6 Å². The molecule has 0 unspecified atom stereocenters. The van der Waals surface area contributed by atoms with E-state index in [1.165, 1.54) is 33.9 Å². The Bertz CT molecular complexity index is 1690. The summed E-state index contributed by atoms with van der Waals surface area (Å²) in [5.41, 5.74) is 5.68. The first-order valence-corrected chi connectivity index (χ1v) is 15.1. The smallest absolute Gasteiger partial charge is 0.426 e. The molecule has 0 spiro atoms. The number of aromatic nitrogens is 5. The maximum Gasteiger partial charge on any atom is 0.435 e. The summed E-state index contributed by atoms with van der Waals surface area (Å²) >= 11 is 0. The maximum absolute atomic E-state index is 14.2. The van der Waals surface area contributed by atoms with E-state index in [1.807, 2.05) is 0 Å². The van der Waals surface area contributed by atoms with Crippen molar-refractivity contribution in [3.8, 4) is 17.0 Å². The molecular formula is C30H36F3N9O5. The fourth-order valence-electron chi connectivity index (χ4n) is 5.33. The molecule has 4 aromatic rings. The van der Waals surface area contributed by atoms with Gasteiger partial charge in [-0.2, -0.15) is 18.3 Å². The number of hydrogen-bond acceptors (Lipinski definition) is 11. The number of alkyl halides is 3. The van der Waals surface area contributed by atoms with E-state index in [0.29, 0.717) is 69.2 Å². The second-order valence-electron chi connectivity index (χ2n) is 10.5. The minimum absolute atomic E-state index is 0.103. The summed E-state index contributed by atoms with van der Waals surface area (Å²) < 4.78 is 61.3. The minimum atomic E-state index is -4.71. The Morgan fingerprint density at radius 2 is 1.98 bits per heavy atom. The van der Waals surface area contributed by atoms with E-state index in [1.54, 1.807) is 19.1 Å². The zero-order valence-electron chi connectivity index (χ0n) is 25.8. The molecule has 1 saturated heterocycles. The first-order chi connectivity index (χ1) is 22.7. The highest BCUT2D eigenvalue weighted by molar-refractivity contribution is 5.97. The van der Waals surface area contributed by atoms with Crippen LogP contribution in [-0.2, 0) is 33.4 Å². The molecule has 17 heteroatoms. The van der Waals surface area contributed by atoms with E-state index in [-0.39, 0.29) is 60.5 Å². The summed E-state index contributed by atoms with van der Waals surface area (Å²) in [7, 11) is 0. The molecule has 3 aromatic heterocycles. The monoisotopic (exact) mass is 659 g/mol. The number of ether oxygens (including phenoxy) is 3. The van der Waals surface area contributed by atoms with Gasteiger partial charge in [-0.3, -0.25) is 23.6 Å². The van der Waals surface area contributed by atoms with Crippen LogP contribution in [0.2, 0.25) is 0 Å². The summed E-state index contributed by atoms with van der Waals surface area (Å²) in [6.45, 7) is 6.69. The molecule has 5 rings (SSSR count). The molecule has 252 valence electrons. The summed E-state index contributed by atoms with van der Waals surface area (Å²) in [5.74, 6) is -0.102. The van der Waals surface area contributed by atoms with Gasteiger partial charge in [0.05, 0.1) is 56.1 Å². The molecule has 0 saturated carbocycles. The molecule has 0 bridgehead atoms. The van der Waals surface area contributed by atoms with Crippen LogP contribution < -0.4 is 21.1 Å². The Labute approximate surface area is 268 Å². The molecule has 14 nitrogen and oxygen atoms in total. The van der Waals surface area contributed by atoms with Crippen molar-refractivity contribution < 1.29 is 37.0 Å². The number of carbonyl (C=O) groups excluding carboxylic acids is 2. The van der Waals surface area contributed by atoms with Gasteiger partial charge in [0.1, 0.15) is 0 Å². The molecule has 1 aromatic carbocycles. The highest BCUT2D eigenvalue weighted by atomic mass is 19.4. The van der Waals surface area contributed by atoms with Crippen molar-refractivity contribution in [3.63, 3.8) is 0 Å². The fourth-order valence-corrected chi connectivity index (χ4v) is 5.33. The Hall–Kier alpha value is -4.58. The minimum Gasteiger partial charge on any atom is -0.426 e. The largest absolute Gasteiger partial charge is 0.435 e. The van der Waals surface area contributed by atoms with Crippen LogP contribution in [0, 0.1) is 0 Å². The second kappa shape index (κ2) is 15.3. The number of imidazole rings is 1. The normalized spacial score (nSPS) is 14.0. The number of nitrogens with zero attached hydrogens (tertiary/aromatic N) is 6. The average Bonchev–Trinajstić information content (AvgIpc) is 3.70. The van der Waals surface area contributed by atoms with Crippen LogP contribution >= 0.6 is 0 Å². The van der Waals surface area contributed by atoms with Crippen LogP contribution in [0.4, 0.5) is 24.7 Å². The lowest BCUT2D eigenvalue weighted by Gasteiger charge is -2.26. The lowest BCUT2D eigenvalue weighted by Crippen LogP contribution is -2.38. The van der Waals surface area contributed by atoms with Gasteiger partial charge in [-0.05, 0) is 18.6 Å². The SMILES string of the molecule is CCc1c(C(=O)NCCOCCN)ccc(Nc2nccn3c(-c4cn(CCN5CCOCC5)nc4C(F)(F)F)cnc23)c1OC=O. The van der Waals surface area contributed by atoms with E-state index >= 15 is 0 Å². The van der Waals surface area contributed by atoms with Crippen molar-refractivity contribution in [1.29, 1.82) is 0 Å². The van der Waals surface area contributed by atoms with E-state index in [4.69, 9.17) is 19.9 Å². The molecule has 0 atom stereocenters. The number of amides is 1. The Morgan fingerprint density at radius 3 is 2.70 bits per heavy atom. The zero-order valence-corrected chi connectivity index (χ0v) is 25.8. The predicted molar refractivity (Wildman–Crippen MR) is 164 cm³/mol. The Balaban J connectivity index is 1.43. The Morgan fingerprint density at radius 1 is 1.17 bits per heavy atom. The molecule has 0 aliphatic carbocycles. The average molecular weight is 660 g/mol. The number of hydrogen-bond donors (Lipinski definition) is 3. The molecule has 1 amide bonds. The molecule has 47 heavy (non-hydrogen) atoms. The third-order valence-corrected chi connectivity index (χ3v) is 7.56. The third-order valence-electron chi connectivity index (χ3n) is 7.56. The molecule has 1 aliphatic heterocycles. The summed E-state index contributed by atoms with van der Waals surface area (Å²) in [4.78, 5) is 35.3. The van der Waals surface area contributed by atoms with Crippen molar-refractivity contribution in [2.45, 2.75) is 26.1 Å². The van der Waals surface area contributed by atoms with Gasteiger partial charge >= 0.3 is 6.18 Å². The third kappa shape index (κ3) is 7.87. The number of anilines is 2. The first-order valence-electron chi connectivity index (χ1n) is 15.1. The van der Waals surface area contributed by atoms with E-state index in [9.17, 15) is 22.8 Å². The van der Waals surface area contributed by atoms with Gasteiger partial charge in [-0.25, -0.2) is 9.97 Å². The summed E-state index contributed by atoms with van der Waals surface area (Å²) in [5, 5.41) is 9.74. The van der Waals surface area contributed by atoms with Gasteiger partial charge in [0.2, 0.25) is 0 Å². The highest BCUT2D eigenvalue weighted by Crippen LogP contribution is 2.38. The van der Waals surface area contributed by atoms with Crippen molar-refractivity contribution in [1.82, 2.24) is 34.4 Å². The number of nitrogens with two attached hydrogens (primary N) is 1. The number of benzene rings is 1. The van der Waals surface area contributed by atoms with Crippen LogP contribution in [0.15, 0.2) is 36.9 Å². The standard InChI is InChI=1S/C30H36F3N9O5/c1-2-20-21(29(44)36-7-14-45-13-5-34)3-4-23(25(20)47-19-43)38-27-28-37-17-24(42(28)8-6-35-27)22-18-41(39-26(22)30(31,32)33)10-9-40-11-15-46-16-12-40/h3-4,6,8,17-19H,2,5,7,9-16,34H2,1H3,(H,35,38)(H,36,44). The van der Waals surface area contributed by atoms with Gasteiger partial charge in [-0.1, -0.05) is 6.92 Å². The molecule has 1 fully saturated rings. The molecule has 4 N–H and O–H groups in total. The van der Waals surface area contributed by atoms with Crippen molar-refractivity contribution in [3.05, 3.63) is 53.7 Å². The fraction of sp³-hybridized carbons (Fsp3) is 0.433. The van der Waals surface area contributed by atoms with E-state index in [0.717, 1.165) is 0 Å². The van der Waals surface area contributed by atoms with E-state index < -0.39 is 11.9 Å². The van der Waals surface area contributed by atoms with Gasteiger partial charge in [0.15, 0.2) is 22.9 Å².